The van der Waals surface area contributed by atoms with E-state index in [1.54, 1.807) is 0 Å². The van der Waals surface area contributed by atoms with Gasteiger partial charge in [0.05, 0.1) is 43.9 Å². The van der Waals surface area contributed by atoms with Gasteiger partial charge in [0.25, 0.3) is 0 Å². The first-order valence-electron chi connectivity index (χ1n) is 10.4. The Morgan fingerprint density at radius 1 is 0.633 bits per heavy atom. The van der Waals surface area contributed by atoms with Crippen LogP contribution in [0.15, 0.2) is 91.0 Å². The molecule has 0 bridgehead atoms. The van der Waals surface area contributed by atoms with E-state index in [0.29, 0.717) is 26.4 Å². The Bertz CT molecular complexity index is 857. The largest absolute Gasteiger partial charge is 0.376 e. The number of hydrogen-bond donors (Lipinski definition) is 0. The summed E-state index contributed by atoms with van der Waals surface area (Å²) in [5.74, 6) is 0.922. The van der Waals surface area contributed by atoms with E-state index in [0.717, 1.165) is 5.75 Å². The van der Waals surface area contributed by atoms with Crippen molar-refractivity contribution in [2.24, 2.45) is 0 Å². The normalized spacial score (nSPS) is 21.0. The maximum atomic E-state index is 6.38. The van der Waals surface area contributed by atoms with Crippen LogP contribution in [-0.4, -0.2) is 29.8 Å². The van der Waals surface area contributed by atoms with Gasteiger partial charge in [-0.3, -0.25) is 0 Å². The van der Waals surface area contributed by atoms with Gasteiger partial charge < -0.3 is 14.2 Å². The van der Waals surface area contributed by atoms with E-state index in [-0.39, 0.29) is 17.5 Å². The van der Waals surface area contributed by atoms with E-state index in [9.17, 15) is 0 Å². The van der Waals surface area contributed by atoms with Crippen LogP contribution in [0.4, 0.5) is 0 Å². The van der Waals surface area contributed by atoms with Gasteiger partial charge in [-0.05, 0) is 16.7 Å². The third kappa shape index (κ3) is 6.19. The van der Waals surface area contributed by atoms with Gasteiger partial charge in [-0.1, -0.05) is 91.0 Å². The monoisotopic (exact) mass is 420 g/mol. The van der Waals surface area contributed by atoms with Gasteiger partial charge in [-0.25, -0.2) is 0 Å². The predicted molar refractivity (Wildman–Crippen MR) is 122 cm³/mol. The predicted octanol–water partition coefficient (Wildman–Crippen LogP) is 5.49. The maximum Gasteiger partial charge on any atom is 0.0990 e. The summed E-state index contributed by atoms with van der Waals surface area (Å²) in [6.45, 7) is 2.48. The van der Waals surface area contributed by atoms with Gasteiger partial charge in [0.1, 0.15) is 0 Å². The molecule has 4 heteroatoms. The molecule has 0 saturated carbocycles. The van der Waals surface area contributed by atoms with Crippen LogP contribution in [0.5, 0.6) is 0 Å². The molecular weight excluding hydrogens is 392 g/mol. The molecule has 3 aromatic carbocycles. The standard InChI is InChI=1S/C26H28O3S/c1-4-10-21(11-5-1)16-27-19-25-26(29-18-23-14-8-3-9-15-23)24(20-30-25)28-17-22-12-6-2-7-13-22/h1-15,24-26H,16-20H2/t24?,25-,26+/m1/s1. The fourth-order valence-electron chi connectivity index (χ4n) is 3.56. The highest BCUT2D eigenvalue weighted by Crippen LogP contribution is 2.33. The first-order valence-corrected chi connectivity index (χ1v) is 11.5. The number of ether oxygens (including phenoxy) is 3. The van der Waals surface area contributed by atoms with Crippen molar-refractivity contribution in [1.29, 1.82) is 0 Å². The van der Waals surface area contributed by atoms with Gasteiger partial charge >= 0.3 is 0 Å². The van der Waals surface area contributed by atoms with E-state index < -0.39 is 0 Å². The van der Waals surface area contributed by atoms with E-state index in [2.05, 4.69) is 36.4 Å². The highest BCUT2D eigenvalue weighted by molar-refractivity contribution is 8.00. The lowest BCUT2D eigenvalue weighted by Crippen LogP contribution is -2.36. The van der Waals surface area contributed by atoms with Crippen LogP contribution in [0.1, 0.15) is 16.7 Å². The summed E-state index contributed by atoms with van der Waals surface area (Å²) in [5.41, 5.74) is 3.56. The lowest BCUT2D eigenvalue weighted by molar-refractivity contribution is -0.0768. The summed E-state index contributed by atoms with van der Waals surface area (Å²) < 4.78 is 18.7. The molecule has 3 nitrogen and oxygen atoms in total. The molecule has 1 unspecified atom stereocenters. The zero-order valence-electron chi connectivity index (χ0n) is 17.1. The fraction of sp³-hybridized carbons (Fsp3) is 0.308. The smallest absolute Gasteiger partial charge is 0.0990 e. The van der Waals surface area contributed by atoms with E-state index in [1.165, 1.54) is 16.7 Å². The minimum Gasteiger partial charge on any atom is -0.376 e. The van der Waals surface area contributed by atoms with Crippen LogP contribution in [-0.2, 0) is 34.0 Å². The van der Waals surface area contributed by atoms with E-state index >= 15 is 0 Å². The molecular formula is C26H28O3S. The average Bonchev–Trinajstić information content (AvgIpc) is 3.20. The fourth-order valence-corrected chi connectivity index (χ4v) is 4.92. The van der Waals surface area contributed by atoms with Crippen LogP contribution >= 0.6 is 11.8 Å². The lowest BCUT2D eigenvalue weighted by Gasteiger charge is -2.25. The first kappa shape index (κ1) is 21.1. The Balaban J connectivity index is 1.35. The molecule has 0 aromatic heterocycles. The number of rotatable bonds is 10. The van der Waals surface area contributed by atoms with Crippen molar-refractivity contribution in [3.05, 3.63) is 108 Å². The molecule has 0 N–H and O–H groups in total. The summed E-state index contributed by atoms with van der Waals surface area (Å²) in [6, 6.07) is 30.9. The van der Waals surface area contributed by atoms with Gasteiger partial charge in [0.2, 0.25) is 0 Å². The zero-order valence-corrected chi connectivity index (χ0v) is 17.9. The maximum absolute atomic E-state index is 6.38. The molecule has 0 radical (unpaired) electrons. The van der Waals surface area contributed by atoms with E-state index in [1.807, 2.05) is 66.4 Å². The molecule has 1 saturated heterocycles. The molecule has 3 aromatic rings. The van der Waals surface area contributed by atoms with Gasteiger partial charge in [0.15, 0.2) is 0 Å². The van der Waals surface area contributed by atoms with Gasteiger partial charge in [0, 0.05) is 5.75 Å². The van der Waals surface area contributed by atoms with Crippen molar-refractivity contribution in [3.8, 4) is 0 Å². The Morgan fingerprint density at radius 2 is 1.13 bits per heavy atom. The second-order valence-corrected chi connectivity index (χ2v) is 8.74. The van der Waals surface area contributed by atoms with Crippen LogP contribution in [0.25, 0.3) is 0 Å². The second-order valence-electron chi connectivity index (χ2n) is 7.47. The van der Waals surface area contributed by atoms with E-state index in [4.69, 9.17) is 14.2 Å². The Kier molecular flexibility index (Phi) is 7.98. The molecule has 156 valence electrons. The second kappa shape index (κ2) is 11.3. The molecule has 3 atom stereocenters. The molecule has 30 heavy (non-hydrogen) atoms. The van der Waals surface area contributed by atoms with Crippen LogP contribution in [0, 0.1) is 0 Å². The number of hydrogen-bond acceptors (Lipinski definition) is 4. The highest BCUT2D eigenvalue weighted by Gasteiger charge is 2.38. The topological polar surface area (TPSA) is 27.7 Å². The summed E-state index contributed by atoms with van der Waals surface area (Å²) in [7, 11) is 0. The minimum absolute atomic E-state index is 0.00897. The van der Waals surface area contributed by atoms with Crippen molar-refractivity contribution >= 4 is 11.8 Å². The molecule has 0 amide bonds. The summed E-state index contributed by atoms with van der Waals surface area (Å²) in [5, 5.41) is 0.262. The van der Waals surface area contributed by atoms with Crippen LogP contribution in [0.3, 0.4) is 0 Å². The molecule has 1 fully saturated rings. The first-order chi connectivity index (χ1) is 14.9. The molecule has 0 spiro atoms. The molecule has 4 rings (SSSR count). The van der Waals surface area contributed by atoms with Crippen LogP contribution in [0.2, 0.25) is 0 Å². The van der Waals surface area contributed by atoms with Crippen molar-refractivity contribution in [2.75, 3.05) is 12.4 Å². The average molecular weight is 421 g/mol. The summed E-state index contributed by atoms with van der Waals surface area (Å²) in [6.07, 6.45) is 0.0685. The Hall–Kier alpha value is -2.11. The van der Waals surface area contributed by atoms with Crippen LogP contribution < -0.4 is 0 Å². The Labute approximate surface area is 183 Å². The SMILES string of the molecule is c1ccc(COC[C@H]2SCC(OCc3ccccc3)[C@@H]2OCc2ccccc2)cc1. The highest BCUT2D eigenvalue weighted by atomic mass is 32.2. The van der Waals surface area contributed by atoms with Crippen molar-refractivity contribution in [2.45, 2.75) is 37.3 Å². The van der Waals surface area contributed by atoms with Crippen molar-refractivity contribution in [1.82, 2.24) is 0 Å². The summed E-state index contributed by atoms with van der Waals surface area (Å²) in [4.78, 5) is 0. The minimum atomic E-state index is 0.00897. The zero-order chi connectivity index (χ0) is 20.4. The molecule has 0 aliphatic carbocycles. The third-order valence-electron chi connectivity index (χ3n) is 5.19. The van der Waals surface area contributed by atoms with Crippen molar-refractivity contribution in [3.63, 3.8) is 0 Å². The third-order valence-corrected chi connectivity index (χ3v) is 6.55. The van der Waals surface area contributed by atoms with Gasteiger partial charge in [-0.2, -0.15) is 11.8 Å². The number of thioether (sulfide) groups is 1. The van der Waals surface area contributed by atoms with Gasteiger partial charge in [-0.15, -0.1) is 0 Å². The molecule has 1 aliphatic heterocycles. The molecule has 1 aliphatic rings. The van der Waals surface area contributed by atoms with Crippen molar-refractivity contribution < 1.29 is 14.2 Å². The quantitative estimate of drug-likeness (QED) is 0.433. The summed E-state index contributed by atoms with van der Waals surface area (Å²) >= 11 is 1.89. The Morgan fingerprint density at radius 3 is 1.70 bits per heavy atom. The molecule has 1 heterocycles. The number of benzene rings is 3. The lowest BCUT2D eigenvalue weighted by atomic mass is 10.1.